The summed E-state index contributed by atoms with van der Waals surface area (Å²) in [5.41, 5.74) is 4.38. The van der Waals surface area contributed by atoms with Gasteiger partial charge in [-0.05, 0) is 17.7 Å². The van der Waals surface area contributed by atoms with Gasteiger partial charge in [-0.25, -0.2) is 13.6 Å². The Kier molecular flexibility index (Phi) is 6.20. The zero-order valence-electron chi connectivity index (χ0n) is 19.4. The van der Waals surface area contributed by atoms with Gasteiger partial charge >= 0.3 is 6.09 Å². The van der Waals surface area contributed by atoms with E-state index in [1.165, 1.54) is 18.2 Å². The third-order valence-electron chi connectivity index (χ3n) is 6.11. The molecule has 0 saturated heterocycles. The van der Waals surface area contributed by atoms with Gasteiger partial charge in [0.1, 0.15) is 17.4 Å². The fourth-order valence-corrected chi connectivity index (χ4v) is 5.06. The number of hydrogen-bond donors (Lipinski definition) is 1. The van der Waals surface area contributed by atoms with Crippen molar-refractivity contribution < 1.29 is 23.0 Å². The van der Waals surface area contributed by atoms with Crippen LogP contribution in [-0.4, -0.2) is 12.2 Å². The number of fused-ring (bicyclic) bond motifs is 1. The first-order valence-corrected chi connectivity index (χ1v) is 11.3. The van der Waals surface area contributed by atoms with Gasteiger partial charge in [0.15, 0.2) is 11.7 Å². The minimum atomic E-state index is -1.33. The molecule has 0 fully saturated rings. The number of hydrogen-bond acceptors (Lipinski definition) is 4. The second-order valence-electron chi connectivity index (χ2n) is 9.52. The molecule has 180 valence electrons. The molecule has 8 heteroatoms. The number of nitrogens with two attached hydrogens (primary N) is 1. The summed E-state index contributed by atoms with van der Waals surface area (Å²) in [5, 5.41) is 9.30. The molecule has 0 radical (unpaired) electrons. The lowest BCUT2D eigenvalue weighted by Gasteiger charge is -2.43. The van der Waals surface area contributed by atoms with E-state index in [0.29, 0.717) is 11.1 Å². The van der Waals surface area contributed by atoms with Crippen molar-refractivity contribution in [2.75, 3.05) is 0 Å². The Morgan fingerprint density at radius 2 is 1.83 bits per heavy atom. The van der Waals surface area contributed by atoms with Crippen LogP contribution in [0, 0.1) is 28.4 Å². The zero-order valence-corrected chi connectivity index (χ0v) is 20.1. The maximum Gasteiger partial charge on any atom is 0.404 e. The number of carbonyl (C=O) groups is 1. The molecule has 0 bridgehead atoms. The highest BCUT2D eigenvalue weighted by molar-refractivity contribution is 6.34. The summed E-state index contributed by atoms with van der Waals surface area (Å²) in [6.45, 7) is 5.57. The van der Waals surface area contributed by atoms with Gasteiger partial charge in [0, 0.05) is 34.6 Å². The van der Waals surface area contributed by atoms with Crippen LogP contribution < -0.4 is 10.5 Å². The molecular weight excluding hydrogens is 474 g/mol. The quantitative estimate of drug-likeness (QED) is 0.447. The smallest absolute Gasteiger partial charge is 0.404 e. The van der Waals surface area contributed by atoms with Crippen molar-refractivity contribution in [1.82, 2.24) is 0 Å². The largest absolute Gasteiger partial charge is 0.478 e. The Hall–Kier alpha value is -3.63. The molecule has 0 aliphatic carbocycles. The number of amides is 1. The standard InChI is InChI=1S/C27H23ClF2N2O3/c1-26(2,3)24(34-25(32)33)27(16-9-5-4-6-10-16)13-17-20(35-27)12-19(30)23(28)22(17)21-15(14-31)8-7-11-18(21)29/h4-12,24H,13H2,1-3H3,(H2,32,33)/t24-,27-/m0/s1. The summed E-state index contributed by atoms with van der Waals surface area (Å²) >= 11 is 6.39. The van der Waals surface area contributed by atoms with Crippen LogP contribution >= 0.6 is 11.6 Å². The second-order valence-corrected chi connectivity index (χ2v) is 9.89. The van der Waals surface area contributed by atoms with Crippen LogP contribution in [0.2, 0.25) is 5.02 Å². The first-order valence-electron chi connectivity index (χ1n) is 10.9. The molecule has 1 heterocycles. The van der Waals surface area contributed by atoms with Crippen molar-refractivity contribution in [2.45, 2.75) is 38.9 Å². The van der Waals surface area contributed by atoms with Gasteiger partial charge in [0.25, 0.3) is 0 Å². The number of primary amides is 1. The molecule has 1 aliphatic heterocycles. The number of nitrogens with zero attached hydrogens (tertiary/aromatic N) is 1. The third-order valence-corrected chi connectivity index (χ3v) is 6.48. The summed E-state index contributed by atoms with van der Waals surface area (Å²) in [6, 6.07) is 16.1. The van der Waals surface area contributed by atoms with E-state index in [0.717, 1.165) is 6.07 Å². The first-order chi connectivity index (χ1) is 16.5. The minimum absolute atomic E-state index is 0.00216. The average molecular weight is 497 g/mol. The Morgan fingerprint density at radius 1 is 1.14 bits per heavy atom. The van der Waals surface area contributed by atoms with Crippen LogP contribution in [0.15, 0.2) is 54.6 Å². The predicted molar refractivity (Wildman–Crippen MR) is 128 cm³/mol. The topological polar surface area (TPSA) is 85.3 Å². The molecule has 0 saturated carbocycles. The molecule has 1 amide bonds. The molecule has 35 heavy (non-hydrogen) atoms. The molecule has 2 N–H and O–H groups in total. The first kappa shape index (κ1) is 24.5. The van der Waals surface area contributed by atoms with Crippen LogP contribution in [-0.2, 0) is 16.8 Å². The van der Waals surface area contributed by atoms with E-state index in [4.69, 9.17) is 26.8 Å². The van der Waals surface area contributed by atoms with Gasteiger partial charge in [-0.1, -0.05) is 68.8 Å². The Labute approximate surface area is 207 Å². The number of nitriles is 1. The van der Waals surface area contributed by atoms with Crippen LogP contribution in [0.1, 0.15) is 37.5 Å². The number of carbonyl (C=O) groups excluding carboxylic acids is 1. The normalized spacial score (nSPS) is 17.7. The van der Waals surface area contributed by atoms with Crippen LogP contribution in [0.5, 0.6) is 5.75 Å². The number of halogens is 3. The van der Waals surface area contributed by atoms with Gasteiger partial charge in [-0.3, -0.25) is 0 Å². The van der Waals surface area contributed by atoms with E-state index < -0.39 is 34.8 Å². The maximum absolute atomic E-state index is 15.1. The average Bonchev–Trinajstić information content (AvgIpc) is 3.18. The van der Waals surface area contributed by atoms with Crippen molar-refractivity contribution in [3.63, 3.8) is 0 Å². The molecular formula is C27H23ClF2N2O3. The Balaban J connectivity index is 2.03. The van der Waals surface area contributed by atoms with Gasteiger partial charge in [0.05, 0.1) is 16.7 Å². The molecule has 0 spiro atoms. The van der Waals surface area contributed by atoms with Crippen LogP contribution in [0.3, 0.4) is 0 Å². The van der Waals surface area contributed by atoms with Crippen LogP contribution in [0.4, 0.5) is 13.6 Å². The Morgan fingerprint density at radius 3 is 2.43 bits per heavy atom. The lowest BCUT2D eigenvalue weighted by molar-refractivity contribution is -0.101. The monoisotopic (exact) mass is 496 g/mol. The number of rotatable bonds is 4. The second kappa shape index (κ2) is 8.86. The molecule has 0 aromatic heterocycles. The van der Waals surface area contributed by atoms with E-state index >= 15 is 8.78 Å². The zero-order chi connectivity index (χ0) is 25.5. The molecule has 5 nitrogen and oxygen atoms in total. The van der Waals surface area contributed by atoms with E-state index in [-0.39, 0.29) is 33.9 Å². The van der Waals surface area contributed by atoms with E-state index in [2.05, 4.69) is 0 Å². The predicted octanol–water partition coefficient (Wildman–Crippen LogP) is 6.50. The van der Waals surface area contributed by atoms with Crippen molar-refractivity contribution >= 4 is 17.7 Å². The summed E-state index contributed by atoms with van der Waals surface area (Å²) in [4.78, 5) is 12.0. The highest BCUT2D eigenvalue weighted by atomic mass is 35.5. The van der Waals surface area contributed by atoms with Crippen LogP contribution in [0.25, 0.3) is 11.1 Å². The lowest BCUT2D eigenvalue weighted by atomic mass is 9.72. The van der Waals surface area contributed by atoms with Gasteiger partial charge in [0.2, 0.25) is 0 Å². The van der Waals surface area contributed by atoms with Gasteiger partial charge in [-0.15, -0.1) is 0 Å². The minimum Gasteiger partial charge on any atom is -0.478 e. The highest BCUT2D eigenvalue weighted by Crippen LogP contribution is 2.53. The van der Waals surface area contributed by atoms with Gasteiger partial charge < -0.3 is 15.2 Å². The summed E-state index contributed by atoms with van der Waals surface area (Å²) in [6.07, 6.45) is -1.87. The molecule has 4 rings (SSSR count). The summed E-state index contributed by atoms with van der Waals surface area (Å²) < 4.78 is 42.2. The van der Waals surface area contributed by atoms with E-state index in [1.54, 1.807) is 24.3 Å². The molecule has 3 aromatic rings. The van der Waals surface area contributed by atoms with E-state index in [9.17, 15) is 10.1 Å². The summed E-state index contributed by atoms with van der Waals surface area (Å²) in [7, 11) is 0. The lowest BCUT2D eigenvalue weighted by Crippen LogP contribution is -2.53. The number of benzene rings is 3. The van der Waals surface area contributed by atoms with E-state index in [1.807, 2.05) is 32.9 Å². The third kappa shape index (κ3) is 4.19. The molecule has 1 aliphatic rings. The maximum atomic E-state index is 15.1. The van der Waals surface area contributed by atoms with Crippen molar-refractivity contribution in [3.8, 4) is 22.9 Å². The molecule has 3 aromatic carbocycles. The van der Waals surface area contributed by atoms with Gasteiger partial charge in [-0.2, -0.15) is 5.26 Å². The fourth-order valence-electron chi connectivity index (χ4n) is 4.80. The SMILES string of the molecule is CC(C)(C)[C@H](OC(N)=O)[C@@]1(c2ccccc2)Cc2c(cc(F)c(Cl)c2-c2c(F)cccc2C#N)O1. The number of ether oxygens (including phenoxy) is 2. The highest BCUT2D eigenvalue weighted by Gasteiger charge is 2.55. The molecule has 0 unspecified atom stereocenters. The summed E-state index contributed by atoms with van der Waals surface area (Å²) in [5.74, 6) is -1.45. The Bertz CT molecular complexity index is 1350. The van der Waals surface area contributed by atoms with Crippen molar-refractivity contribution in [1.29, 1.82) is 5.26 Å². The molecule has 2 atom stereocenters. The fraction of sp³-hybridized carbons (Fsp3) is 0.259. The van der Waals surface area contributed by atoms with Crippen molar-refractivity contribution in [3.05, 3.63) is 87.9 Å². The van der Waals surface area contributed by atoms with Crippen molar-refractivity contribution in [2.24, 2.45) is 11.1 Å².